The molecule has 1 amide bonds. The first-order valence-electron chi connectivity index (χ1n) is 10.8. The van der Waals surface area contributed by atoms with Gasteiger partial charge in [-0.3, -0.25) is 14.5 Å². The van der Waals surface area contributed by atoms with Crippen LogP contribution in [0.25, 0.3) is 10.2 Å². The number of hydrogen-bond donors (Lipinski definition) is 2. The molecule has 1 aromatic carbocycles. The average molecular weight is 439 g/mol. The molecule has 0 atom stereocenters. The Morgan fingerprint density at radius 3 is 2.77 bits per heavy atom. The van der Waals surface area contributed by atoms with Crippen LogP contribution >= 0.6 is 11.3 Å². The smallest absolute Gasteiger partial charge is 0.259 e. The number of aromatic amines is 1. The van der Waals surface area contributed by atoms with Crippen molar-refractivity contribution < 1.29 is 9.90 Å². The van der Waals surface area contributed by atoms with Gasteiger partial charge in [-0.25, -0.2) is 4.98 Å². The molecule has 31 heavy (non-hydrogen) atoms. The minimum Gasteiger partial charge on any atom is -0.507 e. The highest BCUT2D eigenvalue weighted by Crippen LogP contribution is 2.33. The van der Waals surface area contributed by atoms with E-state index in [1.165, 1.54) is 16.9 Å². The van der Waals surface area contributed by atoms with E-state index in [1.54, 1.807) is 34.4 Å². The van der Waals surface area contributed by atoms with E-state index < -0.39 is 0 Å². The van der Waals surface area contributed by atoms with Gasteiger partial charge in [0.05, 0.1) is 17.5 Å². The zero-order valence-corrected chi connectivity index (χ0v) is 18.4. The number of aromatic hydroxyl groups is 1. The number of carbonyl (C=O) groups is 1. The van der Waals surface area contributed by atoms with Gasteiger partial charge in [-0.2, -0.15) is 0 Å². The fourth-order valence-electron chi connectivity index (χ4n) is 4.60. The number of phenolic OH excluding ortho intramolecular Hbond substituents is 1. The van der Waals surface area contributed by atoms with E-state index >= 15 is 0 Å². The summed E-state index contributed by atoms with van der Waals surface area (Å²) in [5.41, 5.74) is 2.48. The number of piperazine rings is 1. The highest BCUT2D eigenvalue weighted by atomic mass is 32.1. The van der Waals surface area contributed by atoms with Crippen molar-refractivity contribution in [2.24, 2.45) is 0 Å². The summed E-state index contributed by atoms with van der Waals surface area (Å²) < 4.78 is 0. The first-order chi connectivity index (χ1) is 15.0. The molecule has 0 unspecified atom stereocenters. The summed E-state index contributed by atoms with van der Waals surface area (Å²) >= 11 is 1.67. The number of H-pyrrole nitrogens is 1. The molecular formula is C23H26N4O3S. The van der Waals surface area contributed by atoms with Crippen molar-refractivity contribution in [2.75, 3.05) is 26.2 Å². The normalized spacial score (nSPS) is 17.1. The second-order valence-corrected chi connectivity index (χ2v) is 9.58. The number of hydrogen-bond acceptors (Lipinski definition) is 6. The molecule has 1 aliphatic heterocycles. The van der Waals surface area contributed by atoms with Gasteiger partial charge in [0.2, 0.25) is 0 Å². The first kappa shape index (κ1) is 20.2. The Hall–Kier alpha value is -2.71. The Kier molecular flexibility index (Phi) is 5.27. The van der Waals surface area contributed by atoms with Crippen LogP contribution in [0.15, 0.2) is 23.0 Å². The third kappa shape index (κ3) is 3.85. The zero-order chi connectivity index (χ0) is 21.5. The molecule has 2 N–H and O–H groups in total. The molecule has 0 radical (unpaired) electrons. The quantitative estimate of drug-likeness (QED) is 0.656. The SMILES string of the molecule is Cc1ccc(O)c(C(=O)N2CCN(Cc3nc4sc5c(c4c(=O)[nH]3)CCCC5)CC2)c1. The standard InChI is InChI=1S/C23H26N4O3S/c1-14-6-7-17(28)16(12-14)23(30)27-10-8-26(9-11-27)13-19-24-21(29)20-15-4-2-3-5-18(15)31-22(20)25-19/h6-7,12,28H,2-5,8-11,13H2,1H3,(H,24,25,29). The maximum absolute atomic E-state index is 12.8. The van der Waals surface area contributed by atoms with Crippen molar-refractivity contribution in [3.05, 3.63) is 55.9 Å². The fraction of sp³-hybridized carbons (Fsp3) is 0.435. The van der Waals surface area contributed by atoms with Gasteiger partial charge in [-0.15, -0.1) is 11.3 Å². The van der Waals surface area contributed by atoms with Crippen molar-refractivity contribution in [3.8, 4) is 5.75 Å². The van der Waals surface area contributed by atoms with Crippen LogP contribution in [0.2, 0.25) is 0 Å². The number of nitrogens with zero attached hydrogens (tertiary/aromatic N) is 3. The van der Waals surface area contributed by atoms with Crippen LogP contribution in [0.3, 0.4) is 0 Å². The molecular weight excluding hydrogens is 412 g/mol. The number of aryl methyl sites for hydroxylation is 3. The predicted molar refractivity (Wildman–Crippen MR) is 121 cm³/mol. The monoisotopic (exact) mass is 438 g/mol. The van der Waals surface area contributed by atoms with Gasteiger partial charge >= 0.3 is 0 Å². The first-order valence-corrected chi connectivity index (χ1v) is 11.7. The maximum Gasteiger partial charge on any atom is 0.259 e. The van der Waals surface area contributed by atoms with Gasteiger partial charge in [0.1, 0.15) is 16.4 Å². The number of fused-ring (bicyclic) bond motifs is 3. The van der Waals surface area contributed by atoms with Crippen molar-refractivity contribution >= 4 is 27.5 Å². The van der Waals surface area contributed by atoms with Crippen molar-refractivity contribution in [3.63, 3.8) is 0 Å². The van der Waals surface area contributed by atoms with E-state index in [2.05, 4.69) is 9.88 Å². The highest BCUT2D eigenvalue weighted by molar-refractivity contribution is 7.18. The Labute approximate surface area is 184 Å². The summed E-state index contributed by atoms with van der Waals surface area (Å²) in [5.74, 6) is 0.567. The van der Waals surface area contributed by atoms with E-state index in [1.807, 2.05) is 6.92 Å². The third-order valence-corrected chi connectivity index (χ3v) is 7.48. The van der Waals surface area contributed by atoms with Crippen molar-refractivity contribution in [1.29, 1.82) is 0 Å². The number of rotatable bonds is 3. The predicted octanol–water partition coefficient (Wildman–Crippen LogP) is 2.84. The number of carbonyl (C=O) groups excluding carboxylic acids is 1. The summed E-state index contributed by atoms with van der Waals surface area (Å²) in [6.07, 6.45) is 4.36. The van der Waals surface area contributed by atoms with Crippen LogP contribution in [0, 0.1) is 6.92 Å². The molecule has 2 aromatic heterocycles. The van der Waals surface area contributed by atoms with Crippen LogP contribution in [0.1, 0.15) is 45.0 Å². The van der Waals surface area contributed by atoms with Crippen LogP contribution in [-0.2, 0) is 19.4 Å². The summed E-state index contributed by atoms with van der Waals surface area (Å²) in [6.45, 7) is 5.01. The zero-order valence-electron chi connectivity index (χ0n) is 17.6. The number of nitrogens with one attached hydrogen (secondary N) is 1. The molecule has 0 saturated carbocycles. The molecule has 3 aromatic rings. The summed E-state index contributed by atoms with van der Waals surface area (Å²) in [4.78, 5) is 39.5. The molecule has 3 heterocycles. The third-order valence-electron chi connectivity index (χ3n) is 6.29. The molecule has 0 bridgehead atoms. The molecule has 1 saturated heterocycles. The van der Waals surface area contributed by atoms with Gasteiger partial charge < -0.3 is 15.0 Å². The minimum absolute atomic E-state index is 0.0201. The number of aromatic nitrogens is 2. The highest BCUT2D eigenvalue weighted by Gasteiger charge is 2.25. The molecule has 1 fully saturated rings. The van der Waals surface area contributed by atoms with Gasteiger partial charge in [0.25, 0.3) is 11.5 Å². The van der Waals surface area contributed by atoms with E-state index in [4.69, 9.17) is 4.98 Å². The summed E-state index contributed by atoms with van der Waals surface area (Å²) in [7, 11) is 0. The maximum atomic E-state index is 12.8. The Bertz CT molecular complexity index is 1210. The number of phenols is 1. The molecule has 2 aliphatic rings. The van der Waals surface area contributed by atoms with Gasteiger partial charge in [0, 0.05) is 31.1 Å². The van der Waals surface area contributed by atoms with Gasteiger partial charge in [0.15, 0.2) is 0 Å². The Morgan fingerprint density at radius 2 is 1.97 bits per heavy atom. The molecule has 0 spiro atoms. The molecule has 1 aliphatic carbocycles. The van der Waals surface area contributed by atoms with Gasteiger partial charge in [-0.1, -0.05) is 11.6 Å². The van der Waals surface area contributed by atoms with Crippen molar-refractivity contribution in [2.45, 2.75) is 39.2 Å². The van der Waals surface area contributed by atoms with E-state index in [0.717, 1.165) is 35.0 Å². The van der Waals surface area contributed by atoms with E-state index in [-0.39, 0.29) is 17.2 Å². The largest absolute Gasteiger partial charge is 0.507 e. The Balaban J connectivity index is 1.27. The lowest BCUT2D eigenvalue weighted by Gasteiger charge is -2.34. The van der Waals surface area contributed by atoms with Crippen LogP contribution in [-0.4, -0.2) is 57.0 Å². The van der Waals surface area contributed by atoms with E-state index in [9.17, 15) is 14.7 Å². The second kappa shape index (κ2) is 8.09. The second-order valence-electron chi connectivity index (χ2n) is 8.49. The van der Waals surface area contributed by atoms with Crippen LogP contribution in [0.5, 0.6) is 5.75 Å². The number of benzene rings is 1. The topological polar surface area (TPSA) is 89.5 Å². The molecule has 7 nitrogen and oxygen atoms in total. The van der Waals surface area contributed by atoms with Gasteiger partial charge in [-0.05, 0) is 50.3 Å². The molecule has 5 rings (SSSR count). The van der Waals surface area contributed by atoms with Crippen LogP contribution < -0.4 is 5.56 Å². The number of thiophene rings is 1. The molecule has 162 valence electrons. The Morgan fingerprint density at radius 1 is 1.19 bits per heavy atom. The van der Waals surface area contributed by atoms with Crippen LogP contribution in [0.4, 0.5) is 0 Å². The summed E-state index contributed by atoms with van der Waals surface area (Å²) in [6, 6.07) is 5.09. The lowest BCUT2D eigenvalue weighted by Crippen LogP contribution is -2.48. The lowest BCUT2D eigenvalue weighted by molar-refractivity contribution is 0.0622. The fourth-order valence-corrected chi connectivity index (χ4v) is 5.88. The van der Waals surface area contributed by atoms with E-state index in [0.29, 0.717) is 44.1 Å². The number of amides is 1. The molecule has 8 heteroatoms. The average Bonchev–Trinajstić information content (AvgIpc) is 3.14. The lowest BCUT2D eigenvalue weighted by atomic mass is 9.97. The van der Waals surface area contributed by atoms with Crippen molar-refractivity contribution in [1.82, 2.24) is 19.8 Å². The minimum atomic E-state index is -0.141. The summed E-state index contributed by atoms with van der Waals surface area (Å²) in [5, 5.41) is 10.8.